The van der Waals surface area contributed by atoms with Gasteiger partial charge in [-0.2, -0.15) is 0 Å². The molecule has 1 aromatic carbocycles. The van der Waals surface area contributed by atoms with Gasteiger partial charge >= 0.3 is 0 Å². The molecule has 1 aromatic rings. The maximum absolute atomic E-state index is 12.3. The Morgan fingerprint density at radius 2 is 2.25 bits per heavy atom. The van der Waals surface area contributed by atoms with Crippen molar-refractivity contribution in [1.29, 1.82) is 0 Å². The van der Waals surface area contributed by atoms with Crippen LogP contribution in [0.5, 0.6) is 0 Å². The molecule has 0 radical (unpaired) electrons. The summed E-state index contributed by atoms with van der Waals surface area (Å²) in [5.74, 6) is 0.232. The van der Waals surface area contributed by atoms with Crippen LogP contribution in [0, 0.1) is 0 Å². The topological polar surface area (TPSA) is 20.3 Å². The highest BCUT2D eigenvalue weighted by atomic mass is 16.1. The van der Waals surface area contributed by atoms with Gasteiger partial charge in [0.1, 0.15) is 0 Å². The van der Waals surface area contributed by atoms with Crippen LogP contribution >= 0.6 is 0 Å². The van der Waals surface area contributed by atoms with Gasteiger partial charge in [0.15, 0.2) is 5.78 Å². The normalized spacial score (nSPS) is 20.9. The lowest BCUT2D eigenvalue weighted by molar-refractivity contribution is 0.0890. The summed E-state index contributed by atoms with van der Waals surface area (Å²) in [5.41, 5.74) is 1.74. The number of likely N-dealkylation sites (N-methyl/N-ethyl adjacent to an activating group) is 1. The zero-order valence-corrected chi connectivity index (χ0v) is 9.65. The Morgan fingerprint density at radius 1 is 1.50 bits per heavy atom. The zero-order valence-electron chi connectivity index (χ0n) is 9.65. The van der Waals surface area contributed by atoms with E-state index in [-0.39, 0.29) is 11.8 Å². The Kier molecular flexibility index (Phi) is 3.20. The van der Waals surface area contributed by atoms with E-state index in [1.807, 2.05) is 31.3 Å². The van der Waals surface area contributed by atoms with E-state index >= 15 is 0 Å². The Morgan fingerprint density at radius 3 is 2.88 bits per heavy atom. The minimum absolute atomic E-state index is 0.0566. The predicted molar refractivity (Wildman–Crippen MR) is 66.5 cm³/mol. The standard InChI is InChI=1S/C14H17NO/c1-3-11-7-4-5-8-12(11)14(16)13-9-6-10-15(13)2/h3-5,7-8,13H,1,6,9-10H2,2H3. The molecule has 0 N–H and O–H groups in total. The van der Waals surface area contributed by atoms with E-state index in [0.717, 1.165) is 30.5 Å². The first kappa shape index (κ1) is 11.1. The molecule has 0 spiro atoms. The molecule has 2 rings (SSSR count). The first-order valence-electron chi connectivity index (χ1n) is 5.70. The number of carbonyl (C=O) groups excluding carboxylic acids is 1. The number of Topliss-reactive ketones (excluding diaryl/α,β-unsaturated/α-hetero) is 1. The number of hydrogen-bond acceptors (Lipinski definition) is 2. The molecule has 16 heavy (non-hydrogen) atoms. The molecular formula is C14H17NO. The zero-order chi connectivity index (χ0) is 11.5. The molecule has 1 aliphatic rings. The van der Waals surface area contributed by atoms with E-state index in [1.54, 1.807) is 6.08 Å². The van der Waals surface area contributed by atoms with Gasteiger partial charge in [-0.15, -0.1) is 0 Å². The number of carbonyl (C=O) groups is 1. The Labute approximate surface area is 96.6 Å². The highest BCUT2D eigenvalue weighted by molar-refractivity contribution is 6.03. The third kappa shape index (κ3) is 1.93. The van der Waals surface area contributed by atoms with Gasteiger partial charge < -0.3 is 0 Å². The fourth-order valence-electron chi connectivity index (χ4n) is 2.32. The average molecular weight is 215 g/mol. The van der Waals surface area contributed by atoms with Crippen LogP contribution in [0.25, 0.3) is 6.08 Å². The monoisotopic (exact) mass is 215 g/mol. The first-order valence-corrected chi connectivity index (χ1v) is 5.70. The summed E-state index contributed by atoms with van der Waals surface area (Å²) < 4.78 is 0. The van der Waals surface area contributed by atoms with Crippen LogP contribution in [0.1, 0.15) is 28.8 Å². The summed E-state index contributed by atoms with van der Waals surface area (Å²) in [5, 5.41) is 0. The smallest absolute Gasteiger partial charge is 0.180 e. The summed E-state index contributed by atoms with van der Waals surface area (Å²) in [6.07, 6.45) is 3.84. The van der Waals surface area contributed by atoms with Crippen molar-refractivity contribution in [2.24, 2.45) is 0 Å². The van der Waals surface area contributed by atoms with E-state index < -0.39 is 0 Å². The number of ketones is 1. The molecule has 2 heteroatoms. The van der Waals surface area contributed by atoms with Crippen LogP contribution < -0.4 is 0 Å². The quantitative estimate of drug-likeness (QED) is 0.722. The summed E-state index contributed by atoms with van der Waals surface area (Å²) in [4.78, 5) is 14.5. The van der Waals surface area contributed by atoms with E-state index in [0.29, 0.717) is 0 Å². The molecule has 0 amide bonds. The van der Waals surface area contributed by atoms with E-state index in [4.69, 9.17) is 0 Å². The summed E-state index contributed by atoms with van der Waals surface area (Å²) in [6, 6.07) is 7.74. The van der Waals surface area contributed by atoms with Crippen molar-refractivity contribution in [3.05, 3.63) is 42.0 Å². The lowest BCUT2D eigenvalue weighted by Crippen LogP contribution is -2.33. The Hall–Kier alpha value is -1.41. The van der Waals surface area contributed by atoms with Crippen LogP contribution in [0.15, 0.2) is 30.8 Å². The number of nitrogens with zero attached hydrogens (tertiary/aromatic N) is 1. The van der Waals surface area contributed by atoms with Crippen molar-refractivity contribution in [1.82, 2.24) is 4.90 Å². The second-order valence-electron chi connectivity index (χ2n) is 4.29. The minimum atomic E-state index is 0.0566. The maximum Gasteiger partial charge on any atom is 0.180 e. The van der Waals surface area contributed by atoms with Crippen molar-refractivity contribution < 1.29 is 4.79 Å². The lowest BCUT2D eigenvalue weighted by atomic mass is 9.97. The minimum Gasteiger partial charge on any atom is -0.296 e. The number of benzene rings is 1. The number of hydrogen-bond donors (Lipinski definition) is 0. The van der Waals surface area contributed by atoms with Crippen LogP contribution in [0.3, 0.4) is 0 Å². The molecule has 0 bridgehead atoms. The Bertz CT molecular complexity index is 411. The average Bonchev–Trinajstić information content (AvgIpc) is 2.74. The highest BCUT2D eigenvalue weighted by Gasteiger charge is 2.29. The third-order valence-electron chi connectivity index (χ3n) is 3.27. The van der Waals surface area contributed by atoms with Gasteiger partial charge in [0.25, 0.3) is 0 Å². The van der Waals surface area contributed by atoms with Crippen molar-refractivity contribution in [2.75, 3.05) is 13.6 Å². The molecule has 1 aliphatic heterocycles. The second-order valence-corrected chi connectivity index (χ2v) is 4.29. The van der Waals surface area contributed by atoms with Gasteiger partial charge in [0, 0.05) is 5.56 Å². The molecular weight excluding hydrogens is 198 g/mol. The molecule has 1 unspecified atom stereocenters. The number of rotatable bonds is 3. The van der Waals surface area contributed by atoms with Crippen molar-refractivity contribution in [3.63, 3.8) is 0 Å². The Balaban J connectivity index is 2.29. The van der Waals surface area contributed by atoms with Crippen molar-refractivity contribution in [2.45, 2.75) is 18.9 Å². The molecule has 84 valence electrons. The van der Waals surface area contributed by atoms with Gasteiger partial charge in [0.05, 0.1) is 6.04 Å². The maximum atomic E-state index is 12.3. The second kappa shape index (κ2) is 4.62. The molecule has 2 nitrogen and oxygen atoms in total. The molecule has 1 fully saturated rings. The van der Waals surface area contributed by atoms with Gasteiger partial charge in [-0.25, -0.2) is 0 Å². The SMILES string of the molecule is C=Cc1ccccc1C(=O)C1CCCN1C. The van der Waals surface area contributed by atoms with Crippen molar-refractivity contribution in [3.8, 4) is 0 Å². The molecule has 0 aromatic heterocycles. The summed E-state index contributed by atoms with van der Waals surface area (Å²) in [7, 11) is 2.02. The largest absolute Gasteiger partial charge is 0.296 e. The molecule has 1 saturated heterocycles. The van der Waals surface area contributed by atoms with E-state index in [9.17, 15) is 4.79 Å². The van der Waals surface area contributed by atoms with Crippen LogP contribution in [0.2, 0.25) is 0 Å². The third-order valence-corrected chi connectivity index (χ3v) is 3.27. The van der Waals surface area contributed by atoms with E-state index in [1.165, 1.54) is 0 Å². The van der Waals surface area contributed by atoms with Gasteiger partial charge in [-0.3, -0.25) is 9.69 Å². The van der Waals surface area contributed by atoms with Gasteiger partial charge in [0.2, 0.25) is 0 Å². The predicted octanol–water partition coefficient (Wildman–Crippen LogP) is 2.61. The van der Waals surface area contributed by atoms with Crippen LogP contribution in [-0.4, -0.2) is 30.3 Å². The van der Waals surface area contributed by atoms with Crippen molar-refractivity contribution >= 4 is 11.9 Å². The lowest BCUT2D eigenvalue weighted by Gasteiger charge is -2.18. The van der Waals surface area contributed by atoms with Crippen LogP contribution in [-0.2, 0) is 0 Å². The fraction of sp³-hybridized carbons (Fsp3) is 0.357. The van der Waals surface area contributed by atoms with Crippen LogP contribution in [0.4, 0.5) is 0 Å². The fourth-order valence-corrected chi connectivity index (χ4v) is 2.32. The molecule has 1 atom stereocenters. The molecule has 0 saturated carbocycles. The summed E-state index contributed by atoms with van der Waals surface area (Å²) in [6.45, 7) is 4.77. The van der Waals surface area contributed by atoms with E-state index in [2.05, 4.69) is 11.5 Å². The first-order chi connectivity index (χ1) is 7.74. The summed E-state index contributed by atoms with van der Waals surface area (Å²) >= 11 is 0. The van der Waals surface area contributed by atoms with Gasteiger partial charge in [-0.05, 0) is 32.0 Å². The van der Waals surface area contributed by atoms with Gasteiger partial charge in [-0.1, -0.05) is 36.9 Å². The number of likely N-dealkylation sites (tertiary alicyclic amines) is 1. The molecule has 1 heterocycles. The molecule has 0 aliphatic carbocycles. The highest BCUT2D eigenvalue weighted by Crippen LogP contribution is 2.21.